The Hall–Kier alpha value is -1.88. The van der Waals surface area contributed by atoms with Crippen LogP contribution in [0.5, 0.6) is 5.75 Å². The number of hydrogen-bond donors (Lipinski definition) is 2. The van der Waals surface area contributed by atoms with E-state index in [1.54, 1.807) is 31.2 Å². The van der Waals surface area contributed by atoms with Gasteiger partial charge in [-0.25, -0.2) is 4.39 Å². The molecule has 0 radical (unpaired) electrons. The molecule has 19 heavy (non-hydrogen) atoms. The number of phenolic OH excluding ortho intramolecular Hbond substituents is 1. The molecule has 5 heteroatoms. The minimum Gasteiger partial charge on any atom is -0.507 e. The highest BCUT2D eigenvalue weighted by atomic mass is 79.9. The van der Waals surface area contributed by atoms with E-state index in [4.69, 9.17) is 0 Å². The van der Waals surface area contributed by atoms with Crippen molar-refractivity contribution in [2.75, 3.05) is 5.32 Å². The number of aryl methyl sites for hydroxylation is 1. The fraction of sp³-hybridized carbons (Fsp3) is 0.0714. The number of hydrogen-bond acceptors (Lipinski definition) is 2. The summed E-state index contributed by atoms with van der Waals surface area (Å²) in [6.07, 6.45) is 0. The Balaban J connectivity index is 2.20. The van der Waals surface area contributed by atoms with Gasteiger partial charge in [0.2, 0.25) is 0 Å². The predicted octanol–water partition coefficient (Wildman–Crippen LogP) is 3.85. The monoisotopic (exact) mass is 323 g/mol. The molecule has 0 atom stereocenters. The van der Waals surface area contributed by atoms with E-state index >= 15 is 0 Å². The van der Waals surface area contributed by atoms with Crippen LogP contribution in [0.15, 0.2) is 40.9 Å². The molecule has 0 saturated carbocycles. The molecule has 2 rings (SSSR count). The van der Waals surface area contributed by atoms with Gasteiger partial charge >= 0.3 is 0 Å². The minimum atomic E-state index is -0.411. The first kappa shape index (κ1) is 13.5. The Morgan fingerprint density at radius 2 is 2.00 bits per heavy atom. The standard InChI is InChI=1S/C14H11BrFNO2/c1-8-2-4-10(7-12(8)16)17-14(19)9-3-5-11(15)13(18)6-9/h2-7,18H,1H3,(H,17,19). The molecule has 0 saturated heterocycles. The Morgan fingerprint density at radius 1 is 1.26 bits per heavy atom. The first-order valence-corrected chi connectivity index (χ1v) is 6.32. The van der Waals surface area contributed by atoms with E-state index in [-0.39, 0.29) is 11.6 Å². The number of halogens is 2. The molecule has 0 spiro atoms. The Kier molecular flexibility index (Phi) is 3.85. The molecule has 0 unspecified atom stereocenters. The third-order valence-corrected chi connectivity index (χ3v) is 3.31. The molecule has 2 N–H and O–H groups in total. The molecule has 0 aliphatic carbocycles. The van der Waals surface area contributed by atoms with Crippen LogP contribution >= 0.6 is 15.9 Å². The van der Waals surface area contributed by atoms with E-state index in [1.165, 1.54) is 12.1 Å². The highest BCUT2D eigenvalue weighted by Crippen LogP contribution is 2.24. The van der Waals surface area contributed by atoms with Crippen LogP contribution in [0.3, 0.4) is 0 Å². The van der Waals surface area contributed by atoms with Crippen LogP contribution in [-0.2, 0) is 0 Å². The van der Waals surface area contributed by atoms with Crippen LogP contribution in [-0.4, -0.2) is 11.0 Å². The van der Waals surface area contributed by atoms with E-state index in [0.717, 1.165) is 0 Å². The molecule has 3 nitrogen and oxygen atoms in total. The zero-order valence-electron chi connectivity index (χ0n) is 10.1. The number of rotatable bonds is 2. The van der Waals surface area contributed by atoms with E-state index in [9.17, 15) is 14.3 Å². The number of anilines is 1. The molecule has 0 fully saturated rings. The van der Waals surface area contributed by atoms with Gasteiger partial charge in [-0.1, -0.05) is 6.07 Å². The summed E-state index contributed by atoms with van der Waals surface area (Å²) in [4.78, 5) is 11.9. The van der Waals surface area contributed by atoms with Gasteiger partial charge in [-0.15, -0.1) is 0 Å². The van der Waals surface area contributed by atoms with Crippen LogP contribution in [0, 0.1) is 12.7 Å². The fourth-order valence-electron chi connectivity index (χ4n) is 1.53. The van der Waals surface area contributed by atoms with E-state index < -0.39 is 5.91 Å². The van der Waals surface area contributed by atoms with Gasteiger partial charge in [0.1, 0.15) is 11.6 Å². The summed E-state index contributed by atoms with van der Waals surface area (Å²) in [5, 5.41) is 12.1. The van der Waals surface area contributed by atoms with Gasteiger partial charge in [-0.05, 0) is 58.7 Å². The highest BCUT2D eigenvalue weighted by Gasteiger charge is 2.09. The Morgan fingerprint density at radius 3 is 2.63 bits per heavy atom. The first-order chi connectivity index (χ1) is 8.97. The van der Waals surface area contributed by atoms with Crippen LogP contribution in [0.25, 0.3) is 0 Å². The van der Waals surface area contributed by atoms with Crippen molar-refractivity contribution in [1.82, 2.24) is 0 Å². The average Bonchev–Trinajstić information content (AvgIpc) is 2.37. The maximum Gasteiger partial charge on any atom is 0.255 e. The number of phenols is 1. The topological polar surface area (TPSA) is 49.3 Å². The second kappa shape index (κ2) is 5.40. The van der Waals surface area contributed by atoms with Gasteiger partial charge < -0.3 is 10.4 Å². The maximum atomic E-state index is 13.4. The largest absolute Gasteiger partial charge is 0.507 e. The van der Waals surface area contributed by atoms with Crippen molar-refractivity contribution in [3.05, 3.63) is 57.8 Å². The second-order valence-corrected chi connectivity index (χ2v) is 4.94. The lowest BCUT2D eigenvalue weighted by atomic mass is 10.2. The van der Waals surface area contributed by atoms with Gasteiger partial charge in [-0.2, -0.15) is 0 Å². The maximum absolute atomic E-state index is 13.4. The Labute approximate surface area is 118 Å². The normalized spacial score (nSPS) is 10.3. The number of aromatic hydroxyl groups is 1. The van der Waals surface area contributed by atoms with Crippen LogP contribution in [0.1, 0.15) is 15.9 Å². The summed E-state index contributed by atoms with van der Waals surface area (Å²) in [5.74, 6) is -0.815. The van der Waals surface area contributed by atoms with Crippen molar-refractivity contribution < 1.29 is 14.3 Å². The van der Waals surface area contributed by atoms with Crippen LogP contribution in [0.2, 0.25) is 0 Å². The summed E-state index contributed by atoms with van der Waals surface area (Å²) < 4.78 is 13.9. The third kappa shape index (κ3) is 3.12. The van der Waals surface area contributed by atoms with Gasteiger partial charge in [0.15, 0.2) is 0 Å². The summed E-state index contributed by atoms with van der Waals surface area (Å²) >= 11 is 3.13. The van der Waals surface area contributed by atoms with Gasteiger partial charge in [-0.3, -0.25) is 4.79 Å². The SMILES string of the molecule is Cc1ccc(NC(=O)c2ccc(Br)c(O)c2)cc1F. The number of benzene rings is 2. The van der Waals surface area contributed by atoms with E-state index in [2.05, 4.69) is 21.2 Å². The van der Waals surface area contributed by atoms with Crippen molar-refractivity contribution in [3.63, 3.8) is 0 Å². The minimum absolute atomic E-state index is 0.0252. The van der Waals surface area contributed by atoms with E-state index in [0.29, 0.717) is 21.3 Å². The zero-order chi connectivity index (χ0) is 14.0. The summed E-state index contributed by atoms with van der Waals surface area (Å²) in [7, 11) is 0. The molecule has 0 aliphatic heterocycles. The fourth-order valence-corrected chi connectivity index (χ4v) is 1.77. The molecular weight excluding hydrogens is 313 g/mol. The van der Waals surface area contributed by atoms with Gasteiger partial charge in [0.25, 0.3) is 5.91 Å². The molecule has 0 aromatic heterocycles. The van der Waals surface area contributed by atoms with Gasteiger partial charge in [0.05, 0.1) is 4.47 Å². The van der Waals surface area contributed by atoms with Crippen LogP contribution in [0.4, 0.5) is 10.1 Å². The molecular formula is C14H11BrFNO2. The average molecular weight is 324 g/mol. The van der Waals surface area contributed by atoms with Gasteiger partial charge in [0, 0.05) is 11.3 Å². The number of carbonyl (C=O) groups excluding carboxylic acids is 1. The first-order valence-electron chi connectivity index (χ1n) is 5.53. The van der Waals surface area contributed by atoms with Crippen molar-refractivity contribution in [3.8, 4) is 5.75 Å². The lowest BCUT2D eigenvalue weighted by Gasteiger charge is -2.07. The summed E-state index contributed by atoms with van der Waals surface area (Å²) in [5.41, 5.74) is 1.18. The Bertz CT molecular complexity index is 643. The quantitative estimate of drug-likeness (QED) is 0.881. The van der Waals surface area contributed by atoms with Crippen molar-refractivity contribution >= 4 is 27.5 Å². The third-order valence-electron chi connectivity index (χ3n) is 2.64. The zero-order valence-corrected chi connectivity index (χ0v) is 11.7. The number of nitrogens with one attached hydrogen (secondary N) is 1. The molecule has 0 bridgehead atoms. The smallest absolute Gasteiger partial charge is 0.255 e. The lowest BCUT2D eigenvalue weighted by molar-refractivity contribution is 0.102. The summed E-state index contributed by atoms with van der Waals surface area (Å²) in [6, 6.07) is 8.93. The van der Waals surface area contributed by atoms with Crippen molar-refractivity contribution in [2.24, 2.45) is 0 Å². The van der Waals surface area contributed by atoms with Crippen molar-refractivity contribution in [2.45, 2.75) is 6.92 Å². The van der Waals surface area contributed by atoms with E-state index in [1.807, 2.05) is 0 Å². The lowest BCUT2D eigenvalue weighted by Crippen LogP contribution is -2.12. The predicted molar refractivity (Wildman–Crippen MR) is 74.9 cm³/mol. The molecule has 2 aromatic rings. The second-order valence-electron chi connectivity index (χ2n) is 4.08. The molecule has 2 aromatic carbocycles. The summed E-state index contributed by atoms with van der Waals surface area (Å²) in [6.45, 7) is 1.65. The van der Waals surface area contributed by atoms with Crippen molar-refractivity contribution in [1.29, 1.82) is 0 Å². The molecule has 0 heterocycles. The highest BCUT2D eigenvalue weighted by molar-refractivity contribution is 9.10. The number of amides is 1. The molecule has 1 amide bonds. The van der Waals surface area contributed by atoms with Crippen LogP contribution < -0.4 is 5.32 Å². The molecule has 98 valence electrons. The molecule has 0 aliphatic rings. The number of carbonyl (C=O) groups is 1.